The summed E-state index contributed by atoms with van der Waals surface area (Å²) in [6.45, 7) is 4.25. The van der Waals surface area contributed by atoms with Crippen LogP contribution >= 0.6 is 0 Å². The van der Waals surface area contributed by atoms with Gasteiger partial charge in [-0.1, -0.05) is 36.4 Å². The maximum atomic E-state index is 10.2. The van der Waals surface area contributed by atoms with E-state index in [9.17, 15) is 5.11 Å². The summed E-state index contributed by atoms with van der Waals surface area (Å²) in [5.74, 6) is 0. The first-order chi connectivity index (χ1) is 9.99. The smallest absolute Gasteiger partial charge is 0.0840 e. The predicted molar refractivity (Wildman–Crippen MR) is 87.4 cm³/mol. The molecule has 0 fully saturated rings. The molecule has 0 spiro atoms. The SMILES string of the molecule is COCc1ccc2c(ccc3ccc(C(C)(C)O)cc32)c1. The molecule has 0 aliphatic carbocycles. The van der Waals surface area contributed by atoms with Crippen LogP contribution in [0.25, 0.3) is 21.5 Å². The Kier molecular flexibility index (Phi) is 3.44. The van der Waals surface area contributed by atoms with Crippen LogP contribution in [0.4, 0.5) is 0 Å². The molecule has 3 aromatic carbocycles. The molecule has 0 aliphatic rings. The molecular weight excluding hydrogens is 260 g/mol. The minimum Gasteiger partial charge on any atom is -0.386 e. The first-order valence-corrected chi connectivity index (χ1v) is 7.16. The topological polar surface area (TPSA) is 29.5 Å². The van der Waals surface area contributed by atoms with Crippen molar-refractivity contribution in [3.8, 4) is 0 Å². The fourth-order valence-electron chi connectivity index (χ4n) is 2.75. The number of benzene rings is 3. The van der Waals surface area contributed by atoms with Crippen molar-refractivity contribution >= 4 is 21.5 Å². The first-order valence-electron chi connectivity index (χ1n) is 7.16. The third-order valence-electron chi connectivity index (χ3n) is 3.92. The van der Waals surface area contributed by atoms with E-state index in [1.54, 1.807) is 7.11 Å². The molecule has 2 nitrogen and oxygen atoms in total. The van der Waals surface area contributed by atoms with Gasteiger partial charge in [-0.05, 0) is 58.7 Å². The highest BCUT2D eigenvalue weighted by atomic mass is 16.5. The normalized spacial score (nSPS) is 12.2. The van der Waals surface area contributed by atoms with Crippen LogP contribution in [0.2, 0.25) is 0 Å². The van der Waals surface area contributed by atoms with Crippen LogP contribution in [0, 0.1) is 0 Å². The molecule has 0 aromatic heterocycles. The maximum Gasteiger partial charge on any atom is 0.0840 e. The van der Waals surface area contributed by atoms with Crippen LogP contribution in [0.15, 0.2) is 48.5 Å². The Morgan fingerprint density at radius 1 is 0.905 bits per heavy atom. The lowest BCUT2D eigenvalue weighted by Crippen LogP contribution is -2.15. The fraction of sp³-hybridized carbons (Fsp3) is 0.263. The van der Waals surface area contributed by atoms with Gasteiger partial charge >= 0.3 is 0 Å². The zero-order valence-corrected chi connectivity index (χ0v) is 12.7. The quantitative estimate of drug-likeness (QED) is 0.722. The second-order valence-electron chi connectivity index (χ2n) is 6.05. The molecule has 1 N–H and O–H groups in total. The summed E-state index contributed by atoms with van der Waals surface area (Å²) in [4.78, 5) is 0. The number of methoxy groups -OCH3 is 1. The van der Waals surface area contributed by atoms with E-state index in [4.69, 9.17) is 4.74 Å². The van der Waals surface area contributed by atoms with E-state index in [1.165, 1.54) is 27.1 Å². The lowest BCUT2D eigenvalue weighted by atomic mass is 9.93. The summed E-state index contributed by atoms with van der Waals surface area (Å²) < 4.78 is 5.20. The highest BCUT2D eigenvalue weighted by Crippen LogP contribution is 2.30. The van der Waals surface area contributed by atoms with Gasteiger partial charge in [0.25, 0.3) is 0 Å². The van der Waals surface area contributed by atoms with Crippen molar-refractivity contribution in [1.82, 2.24) is 0 Å². The monoisotopic (exact) mass is 280 g/mol. The molecule has 0 saturated heterocycles. The summed E-state index contributed by atoms with van der Waals surface area (Å²) in [6.07, 6.45) is 0. The van der Waals surface area contributed by atoms with Crippen molar-refractivity contribution in [2.24, 2.45) is 0 Å². The highest BCUT2D eigenvalue weighted by Gasteiger charge is 2.16. The Bertz CT molecular complexity index is 798. The molecule has 2 heteroatoms. The summed E-state index contributed by atoms with van der Waals surface area (Å²) in [7, 11) is 1.71. The van der Waals surface area contributed by atoms with Gasteiger partial charge in [-0.2, -0.15) is 0 Å². The van der Waals surface area contributed by atoms with E-state index < -0.39 is 5.60 Å². The van der Waals surface area contributed by atoms with Crippen molar-refractivity contribution < 1.29 is 9.84 Å². The molecule has 0 atom stereocenters. The van der Waals surface area contributed by atoms with Crippen molar-refractivity contribution in [2.45, 2.75) is 26.1 Å². The molecule has 0 aliphatic heterocycles. The van der Waals surface area contributed by atoms with Crippen LogP contribution in [-0.4, -0.2) is 12.2 Å². The largest absolute Gasteiger partial charge is 0.386 e. The first kappa shape index (κ1) is 14.1. The molecule has 0 unspecified atom stereocenters. The molecular formula is C19H20O2. The highest BCUT2D eigenvalue weighted by molar-refractivity contribution is 6.07. The molecule has 0 bridgehead atoms. The van der Waals surface area contributed by atoms with E-state index in [0.29, 0.717) is 6.61 Å². The Hall–Kier alpha value is -1.90. The van der Waals surface area contributed by atoms with Gasteiger partial charge in [0.1, 0.15) is 0 Å². The third-order valence-corrected chi connectivity index (χ3v) is 3.92. The van der Waals surface area contributed by atoms with Gasteiger partial charge in [0.2, 0.25) is 0 Å². The summed E-state index contributed by atoms with van der Waals surface area (Å²) in [5, 5.41) is 15.0. The average molecular weight is 280 g/mol. The second-order valence-corrected chi connectivity index (χ2v) is 6.05. The number of hydrogen-bond acceptors (Lipinski definition) is 2. The zero-order valence-electron chi connectivity index (χ0n) is 12.7. The zero-order chi connectivity index (χ0) is 15.0. The van der Waals surface area contributed by atoms with Gasteiger partial charge in [0, 0.05) is 7.11 Å². The second kappa shape index (κ2) is 5.14. The molecule has 0 heterocycles. The maximum absolute atomic E-state index is 10.2. The number of rotatable bonds is 3. The van der Waals surface area contributed by atoms with Gasteiger partial charge in [0.05, 0.1) is 12.2 Å². The Morgan fingerprint density at radius 3 is 2.33 bits per heavy atom. The average Bonchev–Trinajstić information content (AvgIpc) is 2.45. The van der Waals surface area contributed by atoms with Crippen LogP contribution < -0.4 is 0 Å². The van der Waals surface area contributed by atoms with Crippen LogP contribution in [-0.2, 0) is 16.9 Å². The summed E-state index contributed by atoms with van der Waals surface area (Å²) in [6, 6.07) is 16.8. The number of aliphatic hydroxyl groups is 1. The third kappa shape index (κ3) is 2.65. The predicted octanol–water partition coefficient (Wildman–Crippen LogP) is 4.37. The summed E-state index contributed by atoms with van der Waals surface area (Å²) in [5.41, 5.74) is 1.28. The number of ether oxygens (including phenoxy) is 1. The standard InChI is InChI=1S/C19H20O2/c1-19(2,20)16-8-7-14-5-6-15-10-13(12-21-3)4-9-17(15)18(14)11-16/h4-11,20H,12H2,1-3H3. The molecule has 21 heavy (non-hydrogen) atoms. The number of hydrogen-bond donors (Lipinski definition) is 1. The van der Waals surface area contributed by atoms with Crippen LogP contribution in [0.3, 0.4) is 0 Å². The lowest BCUT2D eigenvalue weighted by Gasteiger charge is -2.18. The van der Waals surface area contributed by atoms with Gasteiger partial charge in [-0.15, -0.1) is 0 Å². The summed E-state index contributed by atoms with van der Waals surface area (Å²) >= 11 is 0. The van der Waals surface area contributed by atoms with E-state index in [0.717, 1.165) is 5.56 Å². The van der Waals surface area contributed by atoms with Crippen molar-refractivity contribution in [3.05, 3.63) is 59.7 Å². The molecule has 3 aromatic rings. The molecule has 108 valence electrons. The fourth-order valence-corrected chi connectivity index (χ4v) is 2.75. The van der Waals surface area contributed by atoms with E-state index in [-0.39, 0.29) is 0 Å². The lowest BCUT2D eigenvalue weighted by molar-refractivity contribution is 0.0787. The molecule has 0 radical (unpaired) electrons. The Labute approximate surface area is 125 Å². The molecule has 3 rings (SSSR count). The number of fused-ring (bicyclic) bond motifs is 3. The minimum absolute atomic E-state index is 0.623. The van der Waals surface area contributed by atoms with Crippen molar-refractivity contribution in [3.63, 3.8) is 0 Å². The van der Waals surface area contributed by atoms with Gasteiger partial charge in [-0.25, -0.2) is 0 Å². The Balaban J connectivity index is 2.25. The van der Waals surface area contributed by atoms with Crippen molar-refractivity contribution in [2.75, 3.05) is 7.11 Å². The van der Waals surface area contributed by atoms with Gasteiger partial charge in [-0.3, -0.25) is 0 Å². The molecule has 0 amide bonds. The van der Waals surface area contributed by atoms with E-state index >= 15 is 0 Å². The van der Waals surface area contributed by atoms with Gasteiger partial charge in [0.15, 0.2) is 0 Å². The van der Waals surface area contributed by atoms with Crippen LogP contribution in [0.5, 0.6) is 0 Å². The van der Waals surface area contributed by atoms with Gasteiger partial charge < -0.3 is 9.84 Å². The van der Waals surface area contributed by atoms with E-state index in [1.807, 2.05) is 19.9 Å². The Morgan fingerprint density at radius 2 is 1.62 bits per heavy atom. The van der Waals surface area contributed by atoms with E-state index in [2.05, 4.69) is 42.5 Å². The van der Waals surface area contributed by atoms with Crippen LogP contribution in [0.1, 0.15) is 25.0 Å². The molecule has 0 saturated carbocycles. The minimum atomic E-state index is -0.827. The van der Waals surface area contributed by atoms with Crippen molar-refractivity contribution in [1.29, 1.82) is 0 Å².